The molecule has 0 spiro atoms. The lowest BCUT2D eigenvalue weighted by atomic mass is 11.8. The monoisotopic (exact) mass is 171 g/mol. The van der Waals surface area contributed by atoms with Gasteiger partial charge in [-0.2, -0.15) is 0 Å². The van der Waals surface area contributed by atoms with Crippen molar-refractivity contribution in [3.8, 4) is 0 Å². The molecule has 0 aliphatic heterocycles. The van der Waals surface area contributed by atoms with Crippen molar-refractivity contribution in [3.05, 3.63) is 4.91 Å². The van der Waals surface area contributed by atoms with Crippen molar-refractivity contribution in [2.24, 2.45) is 5.34 Å². The molecule has 0 aliphatic rings. The molecule has 0 aromatic rings. The molecule has 0 fully saturated rings. The van der Waals surface area contributed by atoms with Crippen molar-refractivity contribution in [1.82, 2.24) is 0 Å². The lowest BCUT2D eigenvalue weighted by Crippen LogP contribution is -1.82. The highest BCUT2D eigenvalue weighted by atomic mass is 31.2. The third kappa shape index (κ3) is 10.5. The topological polar surface area (TPSA) is 85.2 Å². The van der Waals surface area contributed by atoms with E-state index < -0.39 is 7.60 Å². The Morgan fingerprint density at radius 1 is 1.40 bits per heavy atom. The van der Waals surface area contributed by atoms with Crippen LogP contribution in [0.5, 0.6) is 0 Å². The fourth-order valence-corrected chi connectivity index (χ4v) is 0.224. The Bertz CT molecular complexity index is 118. The zero-order valence-electron chi connectivity index (χ0n) is 5.97. The summed E-state index contributed by atoms with van der Waals surface area (Å²) in [6.07, 6.45) is 0. The van der Waals surface area contributed by atoms with Crippen LogP contribution < -0.4 is 0 Å². The molecule has 0 heterocycles. The van der Waals surface area contributed by atoms with E-state index in [1.165, 1.54) is 26.2 Å². The van der Waals surface area contributed by atoms with Gasteiger partial charge in [0, 0.05) is 20.9 Å². The van der Waals surface area contributed by atoms with Crippen LogP contribution in [0.2, 0.25) is 0 Å². The first-order valence-electron chi connectivity index (χ1n) is 2.19. The predicted molar refractivity (Wildman–Crippen MR) is 35.1 cm³/mol. The summed E-state index contributed by atoms with van der Waals surface area (Å²) in [4.78, 5) is 8.11. The van der Waals surface area contributed by atoms with E-state index in [0.717, 1.165) is 0 Å². The second-order valence-electron chi connectivity index (χ2n) is 1.22. The highest BCUT2D eigenvalue weighted by molar-refractivity contribution is 7.52. The maximum atomic E-state index is 10.5. The Morgan fingerprint density at radius 3 is 1.60 bits per heavy atom. The number of rotatable bonds is 2. The van der Waals surface area contributed by atoms with Gasteiger partial charge >= 0.3 is 7.60 Å². The van der Waals surface area contributed by atoms with Gasteiger partial charge in [-0.05, 0) is 0 Å². The minimum Gasteiger partial charge on any atom is -0.379 e. The molecule has 0 saturated carbocycles. The highest BCUT2D eigenvalue weighted by Gasteiger charge is 2.08. The Labute approximate surface area is 58.6 Å². The van der Waals surface area contributed by atoms with Gasteiger partial charge in [0.2, 0.25) is 0 Å². The largest absolute Gasteiger partial charge is 0.379 e. The number of hydrogen-bond acceptors (Lipinski definition) is 5. The molecule has 62 valence electrons. The normalized spacial score (nSPS) is 9.50. The van der Waals surface area contributed by atoms with E-state index in [0.29, 0.717) is 0 Å². The molecule has 0 amide bonds. The van der Waals surface area contributed by atoms with Gasteiger partial charge in [-0.1, -0.05) is 0 Å². The number of nitrogens with zero attached hydrogens (tertiary/aromatic N) is 1. The maximum absolute atomic E-state index is 10.5. The summed E-state index contributed by atoms with van der Waals surface area (Å²) >= 11 is 0. The van der Waals surface area contributed by atoms with Crippen molar-refractivity contribution < 1.29 is 18.8 Å². The summed E-state index contributed by atoms with van der Waals surface area (Å²) in [6.45, 7) is 1.41. The first-order chi connectivity index (χ1) is 4.54. The van der Waals surface area contributed by atoms with Gasteiger partial charge in [0.1, 0.15) is 0 Å². The van der Waals surface area contributed by atoms with Crippen LogP contribution in [0.1, 0.15) is 0 Å². The van der Waals surface area contributed by atoms with Crippen LogP contribution in [0.25, 0.3) is 0 Å². The maximum Gasteiger partial charge on any atom is 0.327 e. The molecular weight excluding hydrogens is 161 g/mol. The zero-order chi connectivity index (χ0) is 8.62. The van der Waals surface area contributed by atoms with Crippen molar-refractivity contribution in [1.29, 1.82) is 0 Å². The summed E-state index contributed by atoms with van der Waals surface area (Å²) in [6, 6.07) is 0. The SMILES string of the molecule is COP(C)(=O)OC.O=NO. The fourth-order valence-electron chi connectivity index (χ4n) is 0.0745. The smallest absolute Gasteiger partial charge is 0.327 e. The van der Waals surface area contributed by atoms with Gasteiger partial charge in [-0.15, -0.1) is 4.91 Å². The van der Waals surface area contributed by atoms with Crippen LogP contribution in [0.3, 0.4) is 0 Å². The van der Waals surface area contributed by atoms with E-state index in [1.807, 2.05) is 0 Å². The predicted octanol–water partition coefficient (Wildman–Crippen LogP) is 1.24. The van der Waals surface area contributed by atoms with Crippen LogP contribution in [-0.4, -0.2) is 26.1 Å². The first-order valence-corrected chi connectivity index (χ1v) is 4.18. The third-order valence-electron chi connectivity index (χ3n) is 0.663. The van der Waals surface area contributed by atoms with Gasteiger partial charge in [0.25, 0.3) is 0 Å². The molecule has 0 aliphatic carbocycles. The minimum absolute atomic E-state index is 1.25. The zero-order valence-corrected chi connectivity index (χ0v) is 6.87. The van der Waals surface area contributed by atoms with Crippen molar-refractivity contribution in [3.63, 3.8) is 0 Å². The standard InChI is InChI=1S/C3H9O3P.HNO2/c1-5-7(3,4)6-2;2-1-3/h1-3H3;(H,2,3). The average Bonchev–Trinajstić information content (AvgIpc) is 1.90. The van der Waals surface area contributed by atoms with Crippen molar-refractivity contribution in [2.45, 2.75) is 0 Å². The summed E-state index contributed by atoms with van der Waals surface area (Å²) in [7, 11) is 0.0486. The molecule has 0 atom stereocenters. The van der Waals surface area contributed by atoms with E-state index in [2.05, 4.69) is 9.05 Å². The molecule has 0 aromatic heterocycles. The molecule has 10 heavy (non-hydrogen) atoms. The fraction of sp³-hybridized carbons (Fsp3) is 1.00. The Hall–Kier alpha value is -0.450. The molecule has 0 unspecified atom stereocenters. The lowest BCUT2D eigenvalue weighted by molar-refractivity contribution is 0.282. The van der Waals surface area contributed by atoms with Crippen LogP contribution in [0.15, 0.2) is 5.34 Å². The van der Waals surface area contributed by atoms with Crippen LogP contribution in [0, 0.1) is 4.91 Å². The molecule has 0 saturated heterocycles. The Kier molecular flexibility index (Phi) is 8.17. The third-order valence-corrected chi connectivity index (χ3v) is 1.99. The van der Waals surface area contributed by atoms with E-state index in [9.17, 15) is 4.57 Å². The minimum atomic E-state index is -2.65. The summed E-state index contributed by atoms with van der Waals surface area (Å²) in [5.41, 5.74) is 0. The Balaban J connectivity index is 0. The quantitative estimate of drug-likeness (QED) is 0.383. The molecule has 1 N–H and O–H groups in total. The second kappa shape index (κ2) is 6.67. The molecule has 0 bridgehead atoms. The van der Waals surface area contributed by atoms with Crippen LogP contribution in [0.4, 0.5) is 0 Å². The Morgan fingerprint density at radius 2 is 1.60 bits per heavy atom. The molecule has 0 radical (unpaired) electrons. The van der Waals surface area contributed by atoms with E-state index in [4.69, 9.17) is 10.1 Å². The second-order valence-corrected chi connectivity index (χ2v) is 3.49. The summed E-state index contributed by atoms with van der Waals surface area (Å²) < 4.78 is 19.3. The van der Waals surface area contributed by atoms with Crippen molar-refractivity contribution in [2.75, 3.05) is 20.9 Å². The van der Waals surface area contributed by atoms with Gasteiger partial charge in [0.05, 0.1) is 0 Å². The van der Waals surface area contributed by atoms with E-state index in [1.54, 1.807) is 0 Å². The first kappa shape index (κ1) is 12.2. The molecular formula is C3H10NO5P. The average molecular weight is 171 g/mol. The van der Waals surface area contributed by atoms with E-state index >= 15 is 0 Å². The molecule has 0 rings (SSSR count). The van der Waals surface area contributed by atoms with Crippen LogP contribution in [-0.2, 0) is 13.6 Å². The van der Waals surface area contributed by atoms with Gasteiger partial charge in [-0.3, -0.25) is 4.57 Å². The van der Waals surface area contributed by atoms with Gasteiger partial charge in [-0.25, -0.2) is 0 Å². The van der Waals surface area contributed by atoms with Crippen molar-refractivity contribution >= 4 is 7.60 Å². The summed E-state index contributed by atoms with van der Waals surface area (Å²) in [5, 5.41) is 7.89. The highest BCUT2D eigenvalue weighted by Crippen LogP contribution is 2.40. The van der Waals surface area contributed by atoms with Gasteiger partial charge < -0.3 is 14.3 Å². The van der Waals surface area contributed by atoms with Gasteiger partial charge in [0.15, 0.2) is 5.34 Å². The van der Waals surface area contributed by atoms with Crippen LogP contribution >= 0.6 is 7.60 Å². The molecule has 7 heteroatoms. The molecule has 0 aromatic carbocycles. The van der Waals surface area contributed by atoms with E-state index in [-0.39, 0.29) is 0 Å². The lowest BCUT2D eigenvalue weighted by Gasteiger charge is -2.04. The number of hydrogen-bond donors (Lipinski definition) is 1. The summed E-state index contributed by atoms with van der Waals surface area (Å²) in [5.74, 6) is 0. The molecule has 6 nitrogen and oxygen atoms in total.